The number of ether oxygens (including phenoxy) is 2. The molecule has 0 amide bonds. The predicted molar refractivity (Wildman–Crippen MR) is 88.3 cm³/mol. The minimum Gasteiger partial charge on any atom is -0.494 e. The van der Waals surface area contributed by atoms with Crippen LogP contribution in [0.1, 0.15) is 24.8 Å². The Morgan fingerprint density at radius 2 is 1.96 bits per heavy atom. The molecule has 5 heteroatoms. The minimum absolute atomic E-state index is 0.276. The van der Waals surface area contributed by atoms with Crippen molar-refractivity contribution < 1.29 is 13.9 Å². The van der Waals surface area contributed by atoms with Gasteiger partial charge in [0.25, 0.3) is 0 Å². The third-order valence-electron chi connectivity index (χ3n) is 4.72. The van der Waals surface area contributed by atoms with Crippen molar-refractivity contribution in [2.75, 3.05) is 46.4 Å². The smallest absolute Gasteiger partial charge is 0.165 e. The van der Waals surface area contributed by atoms with Gasteiger partial charge in [0, 0.05) is 32.8 Å². The van der Waals surface area contributed by atoms with Crippen LogP contribution in [0.2, 0.25) is 0 Å². The maximum Gasteiger partial charge on any atom is 0.165 e. The summed E-state index contributed by atoms with van der Waals surface area (Å²) >= 11 is 0. The summed E-state index contributed by atoms with van der Waals surface area (Å²) in [6.45, 7) is 7.05. The van der Waals surface area contributed by atoms with Crippen LogP contribution in [-0.2, 0) is 11.3 Å². The van der Waals surface area contributed by atoms with E-state index in [1.54, 1.807) is 6.07 Å². The van der Waals surface area contributed by atoms with Gasteiger partial charge in [-0.25, -0.2) is 4.39 Å². The maximum absolute atomic E-state index is 13.5. The molecule has 0 spiro atoms. The Kier molecular flexibility index (Phi) is 5.86. The fraction of sp³-hybridized carbons (Fsp3) is 0.667. The number of rotatable bonds is 5. The van der Waals surface area contributed by atoms with E-state index in [2.05, 4.69) is 9.80 Å². The van der Waals surface area contributed by atoms with Crippen molar-refractivity contribution in [2.24, 2.45) is 0 Å². The van der Waals surface area contributed by atoms with Crippen molar-refractivity contribution in [1.29, 1.82) is 0 Å². The molecule has 2 aliphatic heterocycles. The van der Waals surface area contributed by atoms with Gasteiger partial charge in [-0.1, -0.05) is 6.07 Å². The number of hydrogen-bond donors (Lipinski definition) is 0. The molecular weight excluding hydrogens is 295 g/mol. The lowest BCUT2D eigenvalue weighted by Gasteiger charge is -2.27. The minimum atomic E-state index is -0.303. The van der Waals surface area contributed by atoms with Crippen LogP contribution in [0, 0.1) is 5.82 Å². The van der Waals surface area contributed by atoms with Crippen LogP contribution in [0.3, 0.4) is 0 Å². The fourth-order valence-corrected chi connectivity index (χ4v) is 3.54. The molecule has 23 heavy (non-hydrogen) atoms. The summed E-state index contributed by atoms with van der Waals surface area (Å²) < 4.78 is 24.7. The molecule has 0 aromatic heterocycles. The van der Waals surface area contributed by atoms with Crippen molar-refractivity contribution in [2.45, 2.75) is 31.9 Å². The second-order valence-corrected chi connectivity index (χ2v) is 6.56. The third kappa shape index (κ3) is 4.66. The first-order valence-corrected chi connectivity index (χ1v) is 8.63. The van der Waals surface area contributed by atoms with Gasteiger partial charge in [-0.3, -0.25) is 4.90 Å². The normalized spacial score (nSPS) is 23.8. The van der Waals surface area contributed by atoms with Gasteiger partial charge in [0.15, 0.2) is 11.6 Å². The van der Waals surface area contributed by atoms with E-state index in [9.17, 15) is 4.39 Å². The van der Waals surface area contributed by atoms with Crippen LogP contribution in [-0.4, -0.2) is 62.3 Å². The Bertz CT molecular complexity index is 506. The van der Waals surface area contributed by atoms with Crippen molar-refractivity contribution >= 4 is 0 Å². The molecule has 0 bridgehead atoms. The van der Waals surface area contributed by atoms with Gasteiger partial charge in [0.1, 0.15) is 0 Å². The topological polar surface area (TPSA) is 24.9 Å². The first-order valence-electron chi connectivity index (χ1n) is 8.63. The molecule has 2 fully saturated rings. The van der Waals surface area contributed by atoms with Gasteiger partial charge < -0.3 is 14.4 Å². The summed E-state index contributed by atoms with van der Waals surface area (Å²) in [5.41, 5.74) is 1.09. The molecule has 2 aliphatic rings. The zero-order chi connectivity index (χ0) is 16.1. The van der Waals surface area contributed by atoms with Crippen molar-refractivity contribution in [1.82, 2.24) is 9.80 Å². The molecule has 3 rings (SSSR count). The highest BCUT2D eigenvalue weighted by molar-refractivity contribution is 5.30. The lowest BCUT2D eigenvalue weighted by atomic mass is 10.1. The van der Waals surface area contributed by atoms with Crippen LogP contribution >= 0.6 is 0 Å². The van der Waals surface area contributed by atoms with E-state index in [4.69, 9.17) is 9.47 Å². The highest BCUT2D eigenvalue weighted by Crippen LogP contribution is 2.20. The molecule has 1 unspecified atom stereocenters. The number of likely N-dealkylation sites (tertiary alicyclic amines) is 1. The third-order valence-corrected chi connectivity index (χ3v) is 4.72. The van der Waals surface area contributed by atoms with Gasteiger partial charge in [-0.2, -0.15) is 0 Å². The zero-order valence-corrected chi connectivity index (χ0v) is 14.0. The monoisotopic (exact) mass is 322 g/mol. The van der Waals surface area contributed by atoms with E-state index in [-0.39, 0.29) is 11.9 Å². The molecule has 0 aliphatic carbocycles. The average molecular weight is 322 g/mol. The lowest BCUT2D eigenvalue weighted by Crippen LogP contribution is -2.39. The molecule has 2 saturated heterocycles. The number of hydrogen-bond acceptors (Lipinski definition) is 4. The Balaban J connectivity index is 1.59. The highest BCUT2D eigenvalue weighted by atomic mass is 19.1. The largest absolute Gasteiger partial charge is 0.494 e. The summed E-state index contributed by atoms with van der Waals surface area (Å²) in [6, 6.07) is 5.14. The van der Waals surface area contributed by atoms with Crippen molar-refractivity contribution in [3.63, 3.8) is 0 Å². The van der Waals surface area contributed by atoms with Gasteiger partial charge in [-0.05, 0) is 50.0 Å². The number of methoxy groups -OCH3 is 1. The summed E-state index contributed by atoms with van der Waals surface area (Å²) in [4.78, 5) is 4.93. The molecule has 128 valence electrons. The Morgan fingerprint density at radius 3 is 2.74 bits per heavy atom. The van der Waals surface area contributed by atoms with Gasteiger partial charge in [0.05, 0.1) is 13.2 Å². The average Bonchev–Trinajstić information content (AvgIpc) is 2.96. The summed E-state index contributed by atoms with van der Waals surface area (Å²) in [7, 11) is 1.51. The van der Waals surface area contributed by atoms with Crippen LogP contribution < -0.4 is 4.74 Å². The number of benzene rings is 1. The number of nitrogens with zero attached hydrogens (tertiary/aromatic N) is 2. The van der Waals surface area contributed by atoms with E-state index in [0.29, 0.717) is 5.75 Å². The van der Waals surface area contributed by atoms with Gasteiger partial charge in [0.2, 0.25) is 0 Å². The van der Waals surface area contributed by atoms with Crippen LogP contribution in [0.5, 0.6) is 5.75 Å². The van der Waals surface area contributed by atoms with Crippen LogP contribution in [0.4, 0.5) is 4.39 Å². The molecule has 0 N–H and O–H groups in total. The predicted octanol–water partition coefficient (Wildman–Crippen LogP) is 2.52. The maximum atomic E-state index is 13.5. The van der Waals surface area contributed by atoms with E-state index in [1.165, 1.54) is 39.1 Å². The van der Waals surface area contributed by atoms with E-state index in [0.717, 1.165) is 44.8 Å². The second-order valence-electron chi connectivity index (χ2n) is 6.56. The summed E-state index contributed by atoms with van der Waals surface area (Å²) in [6.07, 6.45) is 3.95. The molecular formula is C18H27FN2O2. The lowest BCUT2D eigenvalue weighted by molar-refractivity contribution is 0.0308. The fourth-order valence-electron chi connectivity index (χ4n) is 3.54. The molecule has 0 radical (unpaired) electrons. The molecule has 1 aromatic carbocycles. The van der Waals surface area contributed by atoms with E-state index < -0.39 is 0 Å². The SMILES string of the molecule is COc1cc(CN2CCCOC(CN3CCCC3)C2)ccc1F. The standard InChI is InChI=1S/C18H27FN2O2/c1-22-18-11-15(5-6-17(18)19)12-21-9-4-10-23-16(14-21)13-20-7-2-3-8-20/h5-6,11,16H,2-4,7-10,12-14H2,1H3. The van der Waals surface area contributed by atoms with Gasteiger partial charge >= 0.3 is 0 Å². The van der Waals surface area contributed by atoms with E-state index in [1.807, 2.05) is 6.07 Å². The first-order chi connectivity index (χ1) is 11.2. The molecule has 1 atom stereocenters. The first kappa shape index (κ1) is 16.7. The molecule has 0 saturated carbocycles. The van der Waals surface area contributed by atoms with Crippen LogP contribution in [0.15, 0.2) is 18.2 Å². The Labute approximate surface area is 138 Å². The van der Waals surface area contributed by atoms with Crippen molar-refractivity contribution in [3.05, 3.63) is 29.6 Å². The molecule has 1 aromatic rings. The summed E-state index contributed by atoms with van der Waals surface area (Å²) in [5.74, 6) is 0.0181. The van der Waals surface area contributed by atoms with E-state index >= 15 is 0 Å². The zero-order valence-electron chi connectivity index (χ0n) is 14.0. The molecule has 4 nitrogen and oxygen atoms in total. The Hall–Kier alpha value is -1.17. The van der Waals surface area contributed by atoms with Crippen molar-refractivity contribution in [3.8, 4) is 5.75 Å². The second kappa shape index (κ2) is 8.08. The number of halogens is 1. The molecule has 2 heterocycles. The van der Waals surface area contributed by atoms with Crippen LogP contribution in [0.25, 0.3) is 0 Å². The summed E-state index contributed by atoms with van der Waals surface area (Å²) in [5, 5.41) is 0. The van der Waals surface area contributed by atoms with Gasteiger partial charge in [-0.15, -0.1) is 0 Å². The highest BCUT2D eigenvalue weighted by Gasteiger charge is 2.23. The quantitative estimate of drug-likeness (QED) is 0.832. The Morgan fingerprint density at radius 1 is 1.17 bits per heavy atom.